The number of nitrogens with one attached hydrogen (secondary N) is 2. The maximum Gasteiger partial charge on any atom is 0.251 e. The summed E-state index contributed by atoms with van der Waals surface area (Å²) >= 11 is 0. The van der Waals surface area contributed by atoms with Gasteiger partial charge in [-0.2, -0.15) is 0 Å². The van der Waals surface area contributed by atoms with Crippen molar-refractivity contribution < 1.29 is 4.79 Å². The van der Waals surface area contributed by atoms with Crippen LogP contribution in [0.4, 0.5) is 0 Å². The van der Waals surface area contributed by atoms with Gasteiger partial charge in [-0.3, -0.25) is 4.79 Å². The van der Waals surface area contributed by atoms with Crippen LogP contribution in [0.2, 0.25) is 0 Å². The zero-order valence-corrected chi connectivity index (χ0v) is 20.4. The Morgan fingerprint density at radius 1 is 1.24 bits per heavy atom. The van der Waals surface area contributed by atoms with E-state index in [9.17, 15) is 4.79 Å². The van der Waals surface area contributed by atoms with Gasteiger partial charge >= 0.3 is 0 Å². The molecule has 0 fully saturated rings. The lowest BCUT2D eigenvalue weighted by molar-refractivity contribution is 0.0939. The Labute approximate surface area is 191 Å². The number of carbonyl (C=O) groups excluding carboxylic acids is 1. The van der Waals surface area contributed by atoms with Gasteiger partial charge < -0.3 is 20.1 Å². The highest BCUT2D eigenvalue weighted by molar-refractivity contribution is 14.0. The zero-order chi connectivity index (χ0) is 20.5. The summed E-state index contributed by atoms with van der Waals surface area (Å²) in [4.78, 5) is 19.2. The first kappa shape index (κ1) is 25.0. The average molecular weight is 511 g/mol. The fourth-order valence-electron chi connectivity index (χ4n) is 2.83. The number of aromatic nitrogens is 1. The topological polar surface area (TPSA) is 61.7 Å². The molecule has 2 N–H and O–H groups in total. The summed E-state index contributed by atoms with van der Waals surface area (Å²) in [5.74, 6) is 0.811. The lowest BCUT2D eigenvalue weighted by atomic mass is 10.1. The quantitative estimate of drug-likeness (QED) is 0.322. The number of carbonyl (C=O) groups is 1. The molecule has 160 valence electrons. The van der Waals surface area contributed by atoms with Crippen LogP contribution >= 0.6 is 24.0 Å². The number of aryl methyl sites for hydroxylation is 1. The molecule has 1 aromatic heterocycles. The van der Waals surface area contributed by atoms with Gasteiger partial charge in [0, 0.05) is 44.1 Å². The molecule has 2 rings (SSSR count). The van der Waals surface area contributed by atoms with Gasteiger partial charge in [0.15, 0.2) is 5.96 Å². The predicted octanol–water partition coefficient (Wildman–Crippen LogP) is 3.77. The summed E-state index contributed by atoms with van der Waals surface area (Å²) in [6, 6.07) is 12.0. The molecule has 1 atom stereocenters. The number of hydrogen-bond acceptors (Lipinski definition) is 2. The van der Waals surface area contributed by atoms with Crippen molar-refractivity contribution >= 4 is 35.8 Å². The molecule has 1 unspecified atom stereocenters. The van der Waals surface area contributed by atoms with Crippen molar-refractivity contribution in [3.8, 4) is 0 Å². The second-order valence-corrected chi connectivity index (χ2v) is 7.12. The standard InChI is InChI=1S/C22H33N5O.HI/c1-6-17(3)25-21(28)19-11-8-10-18(14-19)15-24-22(23-7-2)27(5)16-20-12-9-13-26(20)4;/h8-14,17H,6-7,15-16H2,1-5H3,(H,23,24)(H,25,28);1H. The monoisotopic (exact) mass is 511 g/mol. The van der Waals surface area contributed by atoms with Gasteiger partial charge in [-0.25, -0.2) is 4.99 Å². The van der Waals surface area contributed by atoms with E-state index in [4.69, 9.17) is 4.99 Å². The average Bonchev–Trinajstić information content (AvgIpc) is 3.09. The molecule has 7 heteroatoms. The molecule has 0 aliphatic carbocycles. The maximum absolute atomic E-state index is 12.4. The molecule has 0 radical (unpaired) electrons. The van der Waals surface area contributed by atoms with E-state index < -0.39 is 0 Å². The van der Waals surface area contributed by atoms with Crippen LogP contribution in [0.25, 0.3) is 0 Å². The minimum atomic E-state index is -0.0343. The Hall–Kier alpha value is -2.03. The van der Waals surface area contributed by atoms with Gasteiger partial charge in [0.1, 0.15) is 0 Å². The summed E-state index contributed by atoms with van der Waals surface area (Å²) in [7, 11) is 4.08. The van der Waals surface area contributed by atoms with Crippen LogP contribution < -0.4 is 10.6 Å². The van der Waals surface area contributed by atoms with E-state index in [0.717, 1.165) is 31.0 Å². The number of hydrogen-bond donors (Lipinski definition) is 2. The molecule has 0 saturated heterocycles. The van der Waals surface area contributed by atoms with Crippen LogP contribution in [0, 0.1) is 0 Å². The van der Waals surface area contributed by atoms with Crippen LogP contribution in [0.15, 0.2) is 47.6 Å². The fraction of sp³-hybridized carbons (Fsp3) is 0.455. The van der Waals surface area contributed by atoms with Gasteiger partial charge in [0.25, 0.3) is 5.91 Å². The van der Waals surface area contributed by atoms with Crippen molar-refractivity contribution in [2.45, 2.75) is 46.3 Å². The number of amides is 1. The molecule has 1 amide bonds. The van der Waals surface area contributed by atoms with Crippen molar-refractivity contribution in [3.05, 3.63) is 59.4 Å². The number of aliphatic imine (C=N–C) groups is 1. The molecule has 2 aromatic rings. The maximum atomic E-state index is 12.4. The van der Waals surface area contributed by atoms with Crippen LogP contribution in [-0.2, 0) is 20.1 Å². The summed E-state index contributed by atoms with van der Waals surface area (Å²) in [5, 5.41) is 6.35. The smallest absolute Gasteiger partial charge is 0.251 e. The molecular formula is C22H34IN5O. The lowest BCUT2D eigenvalue weighted by Gasteiger charge is -2.22. The molecule has 0 bridgehead atoms. The molecule has 29 heavy (non-hydrogen) atoms. The predicted molar refractivity (Wildman–Crippen MR) is 131 cm³/mol. The molecule has 0 saturated carbocycles. The Morgan fingerprint density at radius 3 is 2.62 bits per heavy atom. The first-order chi connectivity index (χ1) is 13.4. The van der Waals surface area contributed by atoms with E-state index in [0.29, 0.717) is 12.1 Å². The Bertz CT molecular complexity index is 802. The molecule has 1 aromatic carbocycles. The molecule has 1 heterocycles. The normalized spacial score (nSPS) is 12.1. The second kappa shape index (κ2) is 12.5. The highest BCUT2D eigenvalue weighted by Crippen LogP contribution is 2.09. The third-order valence-corrected chi connectivity index (χ3v) is 4.74. The molecule has 0 spiro atoms. The molecule has 0 aliphatic heterocycles. The SMILES string of the molecule is CCNC(=NCc1cccc(C(=O)NC(C)CC)c1)N(C)Cc1cccn1C.I. The first-order valence-electron chi connectivity index (χ1n) is 9.94. The largest absolute Gasteiger partial charge is 0.357 e. The Kier molecular flexibility index (Phi) is 10.8. The molecule has 6 nitrogen and oxygen atoms in total. The number of nitrogens with zero attached hydrogens (tertiary/aromatic N) is 3. The highest BCUT2D eigenvalue weighted by atomic mass is 127. The molecular weight excluding hydrogens is 477 g/mol. The van der Waals surface area contributed by atoms with Gasteiger partial charge in [-0.15, -0.1) is 24.0 Å². The van der Waals surface area contributed by atoms with Gasteiger partial charge in [0.05, 0.1) is 13.1 Å². The highest BCUT2D eigenvalue weighted by Gasteiger charge is 2.10. The Balaban J connectivity index is 0.00000420. The zero-order valence-electron chi connectivity index (χ0n) is 18.1. The van der Waals surface area contributed by atoms with E-state index >= 15 is 0 Å². The second-order valence-electron chi connectivity index (χ2n) is 7.12. The summed E-state index contributed by atoms with van der Waals surface area (Å²) in [6.45, 7) is 8.22. The third-order valence-electron chi connectivity index (χ3n) is 4.74. The van der Waals surface area contributed by atoms with E-state index in [1.165, 1.54) is 5.69 Å². The van der Waals surface area contributed by atoms with E-state index in [-0.39, 0.29) is 35.9 Å². The van der Waals surface area contributed by atoms with Crippen LogP contribution in [-0.4, -0.2) is 41.0 Å². The molecule has 0 aliphatic rings. The number of rotatable bonds is 8. The lowest BCUT2D eigenvalue weighted by Crippen LogP contribution is -2.38. The summed E-state index contributed by atoms with van der Waals surface area (Å²) in [6.07, 6.45) is 2.96. The van der Waals surface area contributed by atoms with Crippen LogP contribution in [0.5, 0.6) is 0 Å². The van der Waals surface area contributed by atoms with E-state index in [1.54, 1.807) is 0 Å². The third kappa shape index (κ3) is 7.72. The van der Waals surface area contributed by atoms with Crippen molar-refractivity contribution in [2.24, 2.45) is 12.0 Å². The van der Waals surface area contributed by atoms with Crippen molar-refractivity contribution in [1.82, 2.24) is 20.1 Å². The number of benzene rings is 1. The Morgan fingerprint density at radius 2 is 2.00 bits per heavy atom. The van der Waals surface area contributed by atoms with Gasteiger partial charge in [0.2, 0.25) is 0 Å². The first-order valence-corrected chi connectivity index (χ1v) is 9.94. The number of halogens is 1. The fourth-order valence-corrected chi connectivity index (χ4v) is 2.83. The minimum Gasteiger partial charge on any atom is -0.357 e. The van der Waals surface area contributed by atoms with Crippen LogP contribution in [0.1, 0.15) is 48.8 Å². The summed E-state index contributed by atoms with van der Waals surface area (Å²) in [5.41, 5.74) is 2.91. The van der Waals surface area contributed by atoms with Gasteiger partial charge in [-0.05, 0) is 50.1 Å². The van der Waals surface area contributed by atoms with Crippen molar-refractivity contribution in [3.63, 3.8) is 0 Å². The van der Waals surface area contributed by atoms with Crippen LogP contribution in [0.3, 0.4) is 0 Å². The van der Waals surface area contributed by atoms with Crippen molar-refractivity contribution in [1.29, 1.82) is 0 Å². The van der Waals surface area contributed by atoms with E-state index in [1.807, 2.05) is 57.5 Å². The van der Waals surface area contributed by atoms with Gasteiger partial charge in [-0.1, -0.05) is 19.1 Å². The minimum absolute atomic E-state index is 0. The van der Waals surface area contributed by atoms with Crippen molar-refractivity contribution in [2.75, 3.05) is 13.6 Å². The number of guanidine groups is 1. The van der Waals surface area contributed by atoms with E-state index in [2.05, 4.69) is 40.0 Å². The summed E-state index contributed by atoms with van der Waals surface area (Å²) < 4.78 is 2.11.